The van der Waals surface area contributed by atoms with Crippen molar-refractivity contribution in [1.82, 2.24) is 19.9 Å². The number of rotatable bonds is 14. The summed E-state index contributed by atoms with van der Waals surface area (Å²) in [7, 11) is 0. The van der Waals surface area contributed by atoms with Gasteiger partial charge in [-0.15, -0.1) is 13.2 Å². The van der Waals surface area contributed by atoms with Gasteiger partial charge in [0.1, 0.15) is 11.5 Å². The third kappa shape index (κ3) is 8.45. The van der Waals surface area contributed by atoms with Crippen LogP contribution >= 0.6 is 0 Å². The normalized spacial score (nSPS) is 11.8. The summed E-state index contributed by atoms with van der Waals surface area (Å²) in [6.07, 6.45) is 16.1. The number of H-pyrrole nitrogens is 2. The summed E-state index contributed by atoms with van der Waals surface area (Å²) in [6, 6.07) is 42.7. The molecule has 62 heavy (non-hydrogen) atoms. The molecule has 0 saturated carbocycles. The number of aromatic nitrogens is 4. The summed E-state index contributed by atoms with van der Waals surface area (Å²) in [5.41, 5.74) is 17.9. The molecule has 4 aromatic carbocycles. The summed E-state index contributed by atoms with van der Waals surface area (Å²) < 4.78 is 12.2. The Morgan fingerprint density at radius 2 is 0.710 bits per heavy atom. The maximum atomic E-state index is 6.09. The maximum Gasteiger partial charge on any atom is 0.119 e. The van der Waals surface area contributed by atoms with Crippen molar-refractivity contribution in [3.8, 4) is 56.0 Å². The molecular weight excluding hydrogens is 761 g/mol. The molecule has 2 N–H and O–H groups in total. The predicted octanol–water partition coefficient (Wildman–Crippen LogP) is 14.6. The second-order valence-corrected chi connectivity index (χ2v) is 15.8. The lowest BCUT2D eigenvalue weighted by molar-refractivity contribution is 0.312. The highest BCUT2D eigenvalue weighted by molar-refractivity contribution is 5.99. The number of aryl methyl sites for hydroxylation is 2. The second kappa shape index (κ2) is 18.0. The van der Waals surface area contributed by atoms with Crippen LogP contribution in [-0.4, -0.2) is 33.1 Å². The molecular formula is C56H50N4O2. The molecule has 0 saturated heterocycles. The number of nitrogens with zero attached hydrogens (tertiary/aromatic N) is 2. The number of fused-ring (bicyclic) bond motifs is 8. The van der Waals surface area contributed by atoms with Crippen molar-refractivity contribution in [2.45, 2.75) is 39.5 Å². The first-order valence-corrected chi connectivity index (χ1v) is 21.4. The van der Waals surface area contributed by atoms with Gasteiger partial charge in [0.25, 0.3) is 0 Å². The molecule has 0 fully saturated rings. The van der Waals surface area contributed by atoms with E-state index >= 15 is 0 Å². The quantitative estimate of drug-likeness (QED) is 0.0847. The molecule has 6 heteroatoms. The SMILES string of the molecule is C=CCCCOc1ccc(-c2c3nc(c(-c4ccc(C)cc4)c4ccc([nH]4)c(-c4ccc(OCCCC=C)cc4)c4nc(c(-c5ccc(C)cc5)c5ccc2[nH]5)C=C4)C=C3)cc1. The number of aromatic amines is 2. The van der Waals surface area contributed by atoms with Crippen LogP contribution in [0.25, 0.3) is 90.9 Å². The van der Waals surface area contributed by atoms with E-state index in [0.717, 1.165) is 127 Å². The molecule has 0 unspecified atom stereocenters. The molecule has 0 radical (unpaired) electrons. The van der Waals surface area contributed by atoms with E-state index in [1.807, 2.05) is 36.4 Å². The molecule has 8 bridgehead atoms. The molecule has 5 heterocycles. The number of nitrogens with one attached hydrogen (secondary N) is 2. The van der Waals surface area contributed by atoms with E-state index in [1.54, 1.807) is 0 Å². The molecule has 2 aliphatic rings. The van der Waals surface area contributed by atoms with Crippen LogP contribution in [0.2, 0.25) is 0 Å². The van der Waals surface area contributed by atoms with Crippen molar-refractivity contribution >= 4 is 46.4 Å². The van der Waals surface area contributed by atoms with Crippen LogP contribution in [0.4, 0.5) is 0 Å². The van der Waals surface area contributed by atoms with Gasteiger partial charge in [0, 0.05) is 44.3 Å². The fourth-order valence-corrected chi connectivity index (χ4v) is 8.13. The second-order valence-electron chi connectivity index (χ2n) is 15.8. The van der Waals surface area contributed by atoms with Gasteiger partial charge in [0.15, 0.2) is 0 Å². The molecule has 0 spiro atoms. The van der Waals surface area contributed by atoms with Gasteiger partial charge in [0.05, 0.1) is 36.0 Å². The van der Waals surface area contributed by atoms with Gasteiger partial charge in [-0.3, -0.25) is 0 Å². The van der Waals surface area contributed by atoms with Gasteiger partial charge in [-0.2, -0.15) is 0 Å². The Bertz CT molecular complexity index is 2780. The van der Waals surface area contributed by atoms with Crippen LogP contribution in [0.15, 0.2) is 147 Å². The third-order valence-corrected chi connectivity index (χ3v) is 11.4. The van der Waals surface area contributed by atoms with Crippen LogP contribution in [0.1, 0.15) is 59.6 Å². The van der Waals surface area contributed by atoms with E-state index in [4.69, 9.17) is 19.4 Å². The van der Waals surface area contributed by atoms with Gasteiger partial charge in [-0.1, -0.05) is 96.1 Å². The van der Waals surface area contributed by atoms with Crippen LogP contribution in [0.3, 0.4) is 0 Å². The minimum absolute atomic E-state index is 0.639. The van der Waals surface area contributed by atoms with Crippen molar-refractivity contribution in [2.24, 2.45) is 0 Å². The average Bonchev–Trinajstić information content (AvgIpc) is 4.15. The number of hydrogen-bond acceptors (Lipinski definition) is 4. The van der Waals surface area contributed by atoms with Crippen molar-refractivity contribution in [3.05, 3.63) is 181 Å². The lowest BCUT2D eigenvalue weighted by Crippen LogP contribution is -1.96. The number of hydrogen-bond donors (Lipinski definition) is 2. The van der Waals surface area contributed by atoms with Crippen LogP contribution < -0.4 is 9.47 Å². The summed E-state index contributed by atoms with van der Waals surface area (Å²) in [5, 5.41) is 0. The lowest BCUT2D eigenvalue weighted by atomic mass is 10.0. The van der Waals surface area contributed by atoms with E-state index in [9.17, 15) is 0 Å². The van der Waals surface area contributed by atoms with Crippen LogP contribution in [0, 0.1) is 13.8 Å². The van der Waals surface area contributed by atoms with Crippen LogP contribution in [-0.2, 0) is 0 Å². The summed E-state index contributed by atoms with van der Waals surface area (Å²) in [6.45, 7) is 13.2. The molecule has 3 aromatic heterocycles. The Morgan fingerprint density at radius 1 is 0.419 bits per heavy atom. The molecule has 0 aliphatic carbocycles. The van der Waals surface area contributed by atoms with E-state index in [1.165, 1.54) is 11.1 Å². The minimum Gasteiger partial charge on any atom is -0.494 e. The number of unbranched alkanes of at least 4 members (excludes halogenated alkanes) is 2. The van der Waals surface area contributed by atoms with Gasteiger partial charge < -0.3 is 19.4 Å². The molecule has 2 aliphatic heterocycles. The predicted molar refractivity (Wildman–Crippen MR) is 260 cm³/mol. The summed E-state index contributed by atoms with van der Waals surface area (Å²) >= 11 is 0. The van der Waals surface area contributed by atoms with Crippen molar-refractivity contribution in [2.75, 3.05) is 13.2 Å². The zero-order valence-corrected chi connectivity index (χ0v) is 35.4. The van der Waals surface area contributed by atoms with Crippen molar-refractivity contribution < 1.29 is 9.47 Å². The van der Waals surface area contributed by atoms with Gasteiger partial charge in [-0.25, -0.2) is 9.97 Å². The van der Waals surface area contributed by atoms with Crippen molar-refractivity contribution in [3.63, 3.8) is 0 Å². The van der Waals surface area contributed by atoms with Crippen molar-refractivity contribution in [1.29, 1.82) is 0 Å². The van der Waals surface area contributed by atoms with Gasteiger partial charge >= 0.3 is 0 Å². The fourth-order valence-electron chi connectivity index (χ4n) is 8.13. The first-order valence-electron chi connectivity index (χ1n) is 21.4. The molecule has 0 atom stereocenters. The Morgan fingerprint density at radius 3 is 1.00 bits per heavy atom. The third-order valence-electron chi connectivity index (χ3n) is 11.4. The van der Waals surface area contributed by atoms with E-state index in [-0.39, 0.29) is 0 Å². The standard InChI is InChI=1S/C56H50N4O2/c1-5-7-9-35-61-43-23-19-41(20-24-43)55-49-31-27-45(57-49)53(39-15-11-37(3)12-16-39)47-29-33-51(59-47)56(42-21-25-44(26-22-42)62-36-10-8-6-2)52-34-30-48(60-52)54(46-28-32-50(55)58-46)40-17-13-38(4)14-18-40/h5-6,11-34,57,60H,1-2,7-10,35-36H2,3-4H3. The topological polar surface area (TPSA) is 75.8 Å². The summed E-state index contributed by atoms with van der Waals surface area (Å²) in [4.78, 5) is 18.6. The lowest BCUT2D eigenvalue weighted by Gasteiger charge is -2.09. The zero-order chi connectivity index (χ0) is 42.4. The van der Waals surface area contributed by atoms with E-state index in [0.29, 0.717) is 13.2 Å². The molecule has 7 aromatic rings. The fraction of sp³-hybridized carbons (Fsp3) is 0.143. The molecule has 9 rings (SSSR count). The maximum absolute atomic E-state index is 6.09. The minimum atomic E-state index is 0.639. The molecule has 0 amide bonds. The smallest absolute Gasteiger partial charge is 0.119 e. The van der Waals surface area contributed by atoms with Gasteiger partial charge in [0.2, 0.25) is 0 Å². The molecule has 306 valence electrons. The Hall–Kier alpha value is -7.44. The highest BCUT2D eigenvalue weighted by Gasteiger charge is 2.19. The average molecular weight is 811 g/mol. The number of allylic oxidation sites excluding steroid dienone is 2. The first kappa shape index (κ1) is 40.0. The van der Waals surface area contributed by atoms with Gasteiger partial charge in [-0.05, 0) is 135 Å². The monoisotopic (exact) mass is 810 g/mol. The summed E-state index contributed by atoms with van der Waals surface area (Å²) in [5.74, 6) is 1.67. The van der Waals surface area contributed by atoms with E-state index in [2.05, 4.69) is 158 Å². The Kier molecular flexibility index (Phi) is 11.6. The Balaban J connectivity index is 1.32. The number of ether oxygens (including phenoxy) is 2. The Labute approximate surface area is 363 Å². The zero-order valence-electron chi connectivity index (χ0n) is 35.4. The first-order chi connectivity index (χ1) is 30.4. The molecule has 6 nitrogen and oxygen atoms in total. The van der Waals surface area contributed by atoms with Crippen LogP contribution in [0.5, 0.6) is 11.5 Å². The highest BCUT2D eigenvalue weighted by Crippen LogP contribution is 2.39. The highest BCUT2D eigenvalue weighted by atomic mass is 16.5. The largest absolute Gasteiger partial charge is 0.494 e. The number of benzene rings is 4. The van der Waals surface area contributed by atoms with E-state index < -0.39 is 0 Å².